The van der Waals surface area contributed by atoms with Gasteiger partial charge in [0.1, 0.15) is 23.6 Å². The maximum absolute atomic E-state index is 13.3. The van der Waals surface area contributed by atoms with E-state index in [1.54, 1.807) is 0 Å². The Kier molecular flexibility index (Phi) is 6.58. The number of hydrogen-bond acceptors (Lipinski definition) is 5. The highest BCUT2D eigenvalue weighted by molar-refractivity contribution is 6.31. The van der Waals surface area contributed by atoms with Gasteiger partial charge in [-0.2, -0.15) is 0 Å². The molecule has 1 aromatic heterocycles. The molecule has 0 radical (unpaired) electrons. The van der Waals surface area contributed by atoms with Crippen molar-refractivity contribution in [2.75, 3.05) is 0 Å². The Hall–Kier alpha value is -2.25. The normalized spacial score (nSPS) is 15.7. The number of halogens is 2. The average molecular weight is 394 g/mol. The second kappa shape index (κ2) is 9.10. The molecule has 1 aromatic carbocycles. The van der Waals surface area contributed by atoms with E-state index in [1.165, 1.54) is 43.7 Å². The molecular weight excluding hydrogens is 373 g/mol. The first kappa shape index (κ1) is 19.5. The molecule has 1 aliphatic carbocycles. The number of amidine groups is 1. The Morgan fingerprint density at radius 1 is 1.37 bits per heavy atom. The van der Waals surface area contributed by atoms with Crippen LogP contribution in [0, 0.1) is 11.7 Å². The van der Waals surface area contributed by atoms with Gasteiger partial charge < -0.3 is 4.52 Å². The van der Waals surface area contributed by atoms with Gasteiger partial charge in [0.05, 0.1) is 22.7 Å². The van der Waals surface area contributed by atoms with Crippen molar-refractivity contribution in [3.05, 3.63) is 46.6 Å². The van der Waals surface area contributed by atoms with Crippen LogP contribution in [0.1, 0.15) is 49.8 Å². The fraction of sp³-hybridized carbons (Fsp3) is 0.421. The third kappa shape index (κ3) is 5.14. The first-order valence-electron chi connectivity index (χ1n) is 8.96. The maximum Gasteiger partial charge on any atom is 0.162 e. The fourth-order valence-electron chi connectivity index (χ4n) is 3.38. The third-order valence-electron chi connectivity index (χ3n) is 4.76. The van der Waals surface area contributed by atoms with Crippen molar-refractivity contribution in [2.24, 2.45) is 10.9 Å². The molecule has 6 nitrogen and oxygen atoms in total. The van der Waals surface area contributed by atoms with E-state index in [4.69, 9.17) is 16.1 Å². The molecule has 1 aliphatic rings. The number of rotatable bonds is 6. The zero-order valence-corrected chi connectivity index (χ0v) is 15.5. The van der Waals surface area contributed by atoms with Crippen LogP contribution in [0.25, 0.3) is 0 Å². The van der Waals surface area contributed by atoms with Crippen molar-refractivity contribution in [2.45, 2.75) is 44.9 Å². The van der Waals surface area contributed by atoms with Crippen molar-refractivity contribution in [1.29, 1.82) is 0 Å². The van der Waals surface area contributed by atoms with Gasteiger partial charge in [-0.25, -0.2) is 9.38 Å². The standard InChI is InChI=1S/C19H21ClFN3O3/c20-16-9-13(6-7-17(16)21)22-19(23-26)15-11-27-24-18(15)10-14(25)8-12-4-2-1-3-5-12/h6-7,9,11-12,26H,1-5,8,10H2,(H,22,23). The van der Waals surface area contributed by atoms with Gasteiger partial charge >= 0.3 is 0 Å². The summed E-state index contributed by atoms with van der Waals surface area (Å²) in [7, 11) is 0. The number of nitrogens with zero attached hydrogens (tertiary/aromatic N) is 2. The van der Waals surface area contributed by atoms with E-state index in [-0.39, 0.29) is 23.1 Å². The number of hydroxylamine groups is 1. The summed E-state index contributed by atoms with van der Waals surface area (Å²) in [6.07, 6.45) is 7.72. The Balaban J connectivity index is 1.74. The van der Waals surface area contributed by atoms with E-state index >= 15 is 0 Å². The largest absolute Gasteiger partial charge is 0.364 e. The summed E-state index contributed by atoms with van der Waals surface area (Å²) < 4.78 is 18.3. The molecule has 1 saturated carbocycles. The molecule has 0 aliphatic heterocycles. The smallest absolute Gasteiger partial charge is 0.162 e. The third-order valence-corrected chi connectivity index (χ3v) is 5.04. The number of ketones is 1. The molecule has 0 atom stereocenters. The molecule has 8 heteroatoms. The molecule has 2 aromatic rings. The summed E-state index contributed by atoms with van der Waals surface area (Å²) in [5, 5.41) is 13.3. The van der Waals surface area contributed by atoms with Crippen LogP contribution in [0.4, 0.5) is 10.1 Å². The highest BCUT2D eigenvalue weighted by atomic mass is 35.5. The Bertz CT molecular complexity index is 831. The predicted molar refractivity (Wildman–Crippen MR) is 98.9 cm³/mol. The van der Waals surface area contributed by atoms with E-state index in [2.05, 4.69) is 10.1 Å². The zero-order valence-electron chi connectivity index (χ0n) is 14.8. The molecule has 27 heavy (non-hydrogen) atoms. The lowest BCUT2D eigenvalue weighted by Gasteiger charge is -2.20. The first-order valence-corrected chi connectivity index (χ1v) is 9.33. The van der Waals surface area contributed by atoms with Crippen LogP contribution in [0.2, 0.25) is 5.02 Å². The quantitative estimate of drug-likeness (QED) is 0.425. The highest BCUT2D eigenvalue weighted by Crippen LogP contribution is 2.27. The van der Waals surface area contributed by atoms with Crippen LogP contribution in [0.5, 0.6) is 0 Å². The molecule has 144 valence electrons. The number of aromatic nitrogens is 1. The summed E-state index contributed by atoms with van der Waals surface area (Å²) in [6, 6.07) is 3.92. The van der Waals surface area contributed by atoms with E-state index in [1.807, 2.05) is 5.48 Å². The number of benzene rings is 1. The second-order valence-corrected chi connectivity index (χ2v) is 7.18. The lowest BCUT2D eigenvalue weighted by Crippen LogP contribution is -2.22. The monoisotopic (exact) mass is 393 g/mol. The summed E-state index contributed by atoms with van der Waals surface area (Å²) in [6.45, 7) is 0. The highest BCUT2D eigenvalue weighted by Gasteiger charge is 2.21. The number of carbonyl (C=O) groups is 1. The van der Waals surface area contributed by atoms with E-state index in [0.29, 0.717) is 29.3 Å². The summed E-state index contributed by atoms with van der Waals surface area (Å²) in [4.78, 5) is 16.6. The number of Topliss-reactive ketones (excluding diaryl/α,β-unsaturated/α-hetero) is 1. The molecule has 0 saturated heterocycles. The van der Waals surface area contributed by atoms with Crippen LogP contribution in [0.15, 0.2) is 34.0 Å². The van der Waals surface area contributed by atoms with Crippen molar-refractivity contribution < 1.29 is 18.9 Å². The lowest BCUT2D eigenvalue weighted by atomic mass is 9.85. The summed E-state index contributed by atoms with van der Waals surface area (Å²) in [5.41, 5.74) is 3.08. The zero-order chi connectivity index (χ0) is 19.2. The maximum atomic E-state index is 13.3. The van der Waals surface area contributed by atoms with Gasteiger partial charge in [0.2, 0.25) is 0 Å². The van der Waals surface area contributed by atoms with E-state index < -0.39 is 5.82 Å². The number of hydrogen-bond donors (Lipinski definition) is 2. The molecule has 0 amide bonds. The number of aliphatic imine (C=N–C) groups is 1. The minimum Gasteiger partial charge on any atom is -0.364 e. The van der Waals surface area contributed by atoms with Crippen LogP contribution in [0.3, 0.4) is 0 Å². The van der Waals surface area contributed by atoms with Crippen molar-refractivity contribution in [3.8, 4) is 0 Å². The van der Waals surface area contributed by atoms with Gasteiger partial charge in [-0.15, -0.1) is 0 Å². The van der Waals surface area contributed by atoms with E-state index in [0.717, 1.165) is 12.8 Å². The van der Waals surface area contributed by atoms with Crippen LogP contribution in [-0.4, -0.2) is 22.0 Å². The fourth-order valence-corrected chi connectivity index (χ4v) is 3.56. The summed E-state index contributed by atoms with van der Waals surface area (Å²) in [5.74, 6) is -0.00118. The Morgan fingerprint density at radius 2 is 2.15 bits per heavy atom. The topological polar surface area (TPSA) is 87.7 Å². The average Bonchev–Trinajstić information content (AvgIpc) is 3.11. The van der Waals surface area contributed by atoms with Crippen LogP contribution >= 0.6 is 11.6 Å². The molecule has 0 spiro atoms. The molecule has 1 heterocycles. The van der Waals surface area contributed by atoms with Crippen molar-refractivity contribution in [1.82, 2.24) is 10.6 Å². The molecule has 2 N–H and O–H groups in total. The number of nitrogens with one attached hydrogen (secondary N) is 1. The van der Waals surface area contributed by atoms with Crippen LogP contribution in [-0.2, 0) is 11.2 Å². The van der Waals surface area contributed by atoms with Crippen molar-refractivity contribution in [3.63, 3.8) is 0 Å². The molecular formula is C19H21ClFN3O3. The molecule has 3 rings (SSSR count). The van der Waals surface area contributed by atoms with Gasteiger partial charge in [0.15, 0.2) is 5.84 Å². The van der Waals surface area contributed by atoms with E-state index in [9.17, 15) is 14.4 Å². The Labute approximate surface area is 161 Å². The minimum absolute atomic E-state index is 0.0411. The van der Waals surface area contributed by atoms with Gasteiger partial charge in [0.25, 0.3) is 0 Å². The van der Waals surface area contributed by atoms with Gasteiger partial charge in [0, 0.05) is 6.42 Å². The van der Waals surface area contributed by atoms with Crippen LogP contribution < -0.4 is 5.48 Å². The lowest BCUT2D eigenvalue weighted by molar-refractivity contribution is -0.119. The van der Waals surface area contributed by atoms with Gasteiger partial charge in [-0.1, -0.05) is 48.9 Å². The van der Waals surface area contributed by atoms with Crippen molar-refractivity contribution >= 4 is 28.9 Å². The molecule has 0 bridgehead atoms. The van der Waals surface area contributed by atoms with Gasteiger partial charge in [-0.05, 0) is 24.1 Å². The number of carbonyl (C=O) groups excluding carboxylic acids is 1. The summed E-state index contributed by atoms with van der Waals surface area (Å²) >= 11 is 5.76. The minimum atomic E-state index is -0.562. The molecule has 0 unspecified atom stereocenters. The SMILES string of the molecule is O=C(Cc1nocc1C(=Nc1ccc(F)c(Cl)c1)NO)CC1CCCCC1. The Morgan fingerprint density at radius 3 is 2.85 bits per heavy atom. The first-order chi connectivity index (χ1) is 13.1. The molecule has 1 fully saturated rings. The predicted octanol–water partition coefficient (Wildman–Crippen LogP) is 4.61. The second-order valence-electron chi connectivity index (χ2n) is 6.77. The van der Waals surface area contributed by atoms with Gasteiger partial charge in [-0.3, -0.25) is 15.5 Å².